The van der Waals surface area contributed by atoms with Gasteiger partial charge < -0.3 is 10.2 Å². The Hall–Kier alpha value is -2.29. The van der Waals surface area contributed by atoms with E-state index in [0.29, 0.717) is 0 Å². The lowest BCUT2D eigenvalue weighted by atomic mass is 10.1. The van der Waals surface area contributed by atoms with Crippen LogP contribution in [0.3, 0.4) is 0 Å². The van der Waals surface area contributed by atoms with Crippen molar-refractivity contribution in [3.8, 4) is 0 Å². The van der Waals surface area contributed by atoms with Crippen LogP contribution in [0.2, 0.25) is 0 Å². The summed E-state index contributed by atoms with van der Waals surface area (Å²) in [6.07, 6.45) is 0. The van der Waals surface area contributed by atoms with Crippen molar-refractivity contribution in [2.45, 2.75) is 13.8 Å². The largest absolute Gasteiger partial charge is 0.376 e. The van der Waals surface area contributed by atoms with E-state index in [1.165, 1.54) is 5.56 Å². The Labute approximate surface area is 120 Å². The van der Waals surface area contributed by atoms with E-state index in [9.17, 15) is 4.79 Å². The standard InChI is InChI=1S/C17H20N2O/c1-13-9-10-16(14(2)11-13)18-12-17(20)19(3)15-7-5-4-6-8-15/h4-11,18H,12H2,1-3H3. The number of rotatable bonds is 4. The summed E-state index contributed by atoms with van der Waals surface area (Å²) in [6.45, 7) is 4.39. The molecule has 20 heavy (non-hydrogen) atoms. The van der Waals surface area contributed by atoms with Crippen molar-refractivity contribution in [1.82, 2.24) is 0 Å². The highest BCUT2D eigenvalue weighted by atomic mass is 16.2. The maximum absolute atomic E-state index is 12.2. The van der Waals surface area contributed by atoms with E-state index in [1.54, 1.807) is 11.9 Å². The number of carbonyl (C=O) groups is 1. The molecule has 0 aromatic heterocycles. The third-order valence-electron chi connectivity index (χ3n) is 3.33. The number of benzene rings is 2. The molecule has 2 aromatic carbocycles. The minimum atomic E-state index is 0.0381. The van der Waals surface area contributed by atoms with Gasteiger partial charge in [0.05, 0.1) is 6.54 Å². The molecule has 3 nitrogen and oxygen atoms in total. The molecule has 0 fully saturated rings. The summed E-state index contributed by atoms with van der Waals surface area (Å²) in [4.78, 5) is 13.8. The summed E-state index contributed by atoms with van der Waals surface area (Å²) in [6, 6.07) is 15.8. The number of hydrogen-bond donors (Lipinski definition) is 1. The topological polar surface area (TPSA) is 32.3 Å². The second-order valence-electron chi connectivity index (χ2n) is 4.96. The summed E-state index contributed by atoms with van der Waals surface area (Å²) < 4.78 is 0. The number of hydrogen-bond acceptors (Lipinski definition) is 2. The van der Waals surface area contributed by atoms with E-state index in [-0.39, 0.29) is 12.5 Å². The summed E-state index contributed by atoms with van der Waals surface area (Å²) in [5, 5.41) is 3.20. The molecule has 0 aliphatic rings. The van der Waals surface area contributed by atoms with Crippen LogP contribution in [-0.2, 0) is 4.79 Å². The molecule has 104 valence electrons. The zero-order chi connectivity index (χ0) is 14.5. The van der Waals surface area contributed by atoms with Gasteiger partial charge in [0.1, 0.15) is 0 Å². The molecule has 0 aliphatic carbocycles. The minimum Gasteiger partial charge on any atom is -0.376 e. The van der Waals surface area contributed by atoms with Crippen LogP contribution in [0, 0.1) is 13.8 Å². The summed E-state index contributed by atoms with van der Waals surface area (Å²) >= 11 is 0. The van der Waals surface area contributed by atoms with E-state index in [4.69, 9.17) is 0 Å². The summed E-state index contributed by atoms with van der Waals surface area (Å²) in [5.41, 5.74) is 4.28. The SMILES string of the molecule is Cc1ccc(NCC(=O)N(C)c2ccccc2)c(C)c1. The molecule has 0 unspecified atom stereocenters. The van der Waals surface area contributed by atoms with Gasteiger partial charge in [-0.25, -0.2) is 0 Å². The van der Waals surface area contributed by atoms with Crippen LogP contribution in [-0.4, -0.2) is 19.5 Å². The van der Waals surface area contributed by atoms with Crippen molar-refractivity contribution in [3.63, 3.8) is 0 Å². The molecule has 0 aliphatic heterocycles. The number of anilines is 2. The molecule has 0 bridgehead atoms. The predicted molar refractivity (Wildman–Crippen MR) is 84.3 cm³/mol. The van der Waals surface area contributed by atoms with Crippen LogP contribution in [0.5, 0.6) is 0 Å². The van der Waals surface area contributed by atoms with Crippen molar-refractivity contribution >= 4 is 17.3 Å². The highest BCUT2D eigenvalue weighted by Crippen LogP contribution is 2.16. The molecule has 0 saturated carbocycles. The van der Waals surface area contributed by atoms with Crippen molar-refractivity contribution in [2.24, 2.45) is 0 Å². The first-order chi connectivity index (χ1) is 9.58. The lowest BCUT2D eigenvalue weighted by Crippen LogP contribution is -2.32. The van der Waals surface area contributed by atoms with Crippen molar-refractivity contribution in [3.05, 3.63) is 59.7 Å². The fourth-order valence-corrected chi connectivity index (χ4v) is 2.10. The van der Waals surface area contributed by atoms with Crippen LogP contribution in [0.15, 0.2) is 48.5 Å². The number of para-hydroxylation sites is 1. The third-order valence-corrected chi connectivity index (χ3v) is 3.33. The quantitative estimate of drug-likeness (QED) is 0.922. The van der Waals surface area contributed by atoms with Gasteiger partial charge >= 0.3 is 0 Å². The molecule has 0 heterocycles. The van der Waals surface area contributed by atoms with Gasteiger partial charge in [-0.1, -0.05) is 35.9 Å². The number of amides is 1. The normalized spacial score (nSPS) is 10.2. The molecule has 1 amide bonds. The van der Waals surface area contributed by atoms with Crippen LogP contribution in [0.1, 0.15) is 11.1 Å². The van der Waals surface area contributed by atoms with Crippen LogP contribution >= 0.6 is 0 Å². The Kier molecular flexibility index (Phi) is 4.41. The average Bonchev–Trinajstić information content (AvgIpc) is 2.46. The van der Waals surface area contributed by atoms with E-state index in [1.807, 2.05) is 49.4 Å². The molecule has 0 atom stereocenters. The number of nitrogens with zero attached hydrogens (tertiary/aromatic N) is 1. The van der Waals surface area contributed by atoms with E-state index in [0.717, 1.165) is 16.9 Å². The summed E-state index contributed by atoms with van der Waals surface area (Å²) in [5.74, 6) is 0.0381. The third kappa shape index (κ3) is 3.38. The maximum Gasteiger partial charge on any atom is 0.246 e. The molecular weight excluding hydrogens is 248 g/mol. The first kappa shape index (κ1) is 14.1. The Morgan fingerprint density at radius 1 is 1.10 bits per heavy atom. The molecule has 2 aromatic rings. The fourth-order valence-electron chi connectivity index (χ4n) is 2.10. The smallest absolute Gasteiger partial charge is 0.246 e. The molecule has 1 N–H and O–H groups in total. The zero-order valence-electron chi connectivity index (χ0n) is 12.2. The Morgan fingerprint density at radius 3 is 2.45 bits per heavy atom. The predicted octanol–water partition coefficient (Wildman–Crippen LogP) is 3.38. The lowest BCUT2D eigenvalue weighted by Gasteiger charge is -2.18. The molecule has 2 rings (SSSR count). The Bertz CT molecular complexity index is 593. The van der Waals surface area contributed by atoms with Gasteiger partial charge in [0.2, 0.25) is 5.91 Å². The number of nitrogens with one attached hydrogen (secondary N) is 1. The minimum absolute atomic E-state index is 0.0381. The monoisotopic (exact) mass is 268 g/mol. The van der Waals surface area contributed by atoms with E-state index in [2.05, 4.69) is 18.3 Å². The zero-order valence-corrected chi connectivity index (χ0v) is 12.2. The van der Waals surface area contributed by atoms with Gasteiger partial charge in [-0.05, 0) is 37.6 Å². The second kappa shape index (κ2) is 6.24. The van der Waals surface area contributed by atoms with E-state index >= 15 is 0 Å². The van der Waals surface area contributed by atoms with Gasteiger partial charge in [-0.15, -0.1) is 0 Å². The number of aryl methyl sites for hydroxylation is 2. The van der Waals surface area contributed by atoms with Crippen molar-refractivity contribution < 1.29 is 4.79 Å². The van der Waals surface area contributed by atoms with Crippen LogP contribution in [0.4, 0.5) is 11.4 Å². The van der Waals surface area contributed by atoms with Crippen molar-refractivity contribution in [2.75, 3.05) is 23.8 Å². The summed E-state index contributed by atoms with van der Waals surface area (Å²) in [7, 11) is 1.79. The van der Waals surface area contributed by atoms with Crippen molar-refractivity contribution in [1.29, 1.82) is 0 Å². The van der Waals surface area contributed by atoms with Crippen LogP contribution in [0.25, 0.3) is 0 Å². The van der Waals surface area contributed by atoms with Gasteiger partial charge in [-0.3, -0.25) is 4.79 Å². The number of likely N-dealkylation sites (N-methyl/N-ethyl adjacent to an activating group) is 1. The molecule has 3 heteroatoms. The highest BCUT2D eigenvalue weighted by molar-refractivity contribution is 5.95. The lowest BCUT2D eigenvalue weighted by molar-refractivity contribution is -0.116. The van der Waals surface area contributed by atoms with Crippen LogP contribution < -0.4 is 10.2 Å². The van der Waals surface area contributed by atoms with Gasteiger partial charge in [0.25, 0.3) is 0 Å². The Morgan fingerprint density at radius 2 is 1.80 bits per heavy atom. The molecule has 0 radical (unpaired) electrons. The molecule has 0 saturated heterocycles. The van der Waals surface area contributed by atoms with Gasteiger partial charge in [0.15, 0.2) is 0 Å². The highest BCUT2D eigenvalue weighted by Gasteiger charge is 2.10. The number of carbonyl (C=O) groups excluding carboxylic acids is 1. The second-order valence-corrected chi connectivity index (χ2v) is 4.96. The van der Waals surface area contributed by atoms with Gasteiger partial charge in [-0.2, -0.15) is 0 Å². The first-order valence-corrected chi connectivity index (χ1v) is 6.70. The molecular formula is C17H20N2O. The van der Waals surface area contributed by atoms with Gasteiger partial charge in [0, 0.05) is 18.4 Å². The average molecular weight is 268 g/mol. The first-order valence-electron chi connectivity index (χ1n) is 6.70. The fraction of sp³-hybridized carbons (Fsp3) is 0.235. The van der Waals surface area contributed by atoms with E-state index < -0.39 is 0 Å². The maximum atomic E-state index is 12.2. The Balaban J connectivity index is 1.98. The molecule has 0 spiro atoms.